The summed E-state index contributed by atoms with van der Waals surface area (Å²) in [5.74, 6) is 0.701. The maximum Gasteiger partial charge on any atom is 0.234 e. The molecule has 0 bridgehead atoms. The first-order chi connectivity index (χ1) is 7.84. The molecule has 2 heterocycles. The number of halogens is 1. The number of benzene rings is 1. The van der Waals surface area contributed by atoms with Crippen molar-refractivity contribution in [3.05, 3.63) is 53.5 Å². The summed E-state index contributed by atoms with van der Waals surface area (Å²) < 4.78 is 2.83. The number of nitrogens with zero attached hydrogens (tertiary/aromatic N) is 3. The highest BCUT2D eigenvalue weighted by atomic mass is 79.9. The van der Waals surface area contributed by atoms with E-state index in [1.807, 2.05) is 35.0 Å². The van der Waals surface area contributed by atoms with E-state index in [-0.39, 0.29) is 0 Å². The second-order valence-electron chi connectivity index (χ2n) is 3.46. The van der Waals surface area contributed by atoms with Gasteiger partial charge < -0.3 is 0 Å². The molecule has 78 valence electrons. The average Bonchev–Trinajstić information content (AvgIpc) is 2.72. The van der Waals surface area contributed by atoms with E-state index in [9.17, 15) is 0 Å². The van der Waals surface area contributed by atoms with Gasteiger partial charge in [0.25, 0.3) is 0 Å². The Bertz CT molecular complexity index is 631. The lowest BCUT2D eigenvalue weighted by Gasteiger charge is -2.02. The van der Waals surface area contributed by atoms with Crippen molar-refractivity contribution in [3.63, 3.8) is 0 Å². The molecule has 0 aliphatic rings. The Kier molecular flexibility index (Phi) is 2.22. The molecule has 0 amide bonds. The third-order valence-electron chi connectivity index (χ3n) is 2.43. The topological polar surface area (TPSA) is 30.2 Å². The summed E-state index contributed by atoms with van der Waals surface area (Å²) in [5.41, 5.74) is 2.23. The lowest BCUT2D eigenvalue weighted by atomic mass is 10.1. The van der Waals surface area contributed by atoms with Crippen LogP contribution in [0.15, 0.2) is 53.5 Å². The fourth-order valence-corrected chi connectivity index (χ4v) is 1.99. The molecular formula is C12H8BrN3. The molecule has 16 heavy (non-hydrogen) atoms. The Morgan fingerprint density at radius 3 is 2.50 bits per heavy atom. The number of imidazole rings is 1. The van der Waals surface area contributed by atoms with E-state index in [1.165, 1.54) is 0 Å². The molecule has 0 fully saturated rings. The van der Waals surface area contributed by atoms with Crippen LogP contribution in [0.1, 0.15) is 0 Å². The van der Waals surface area contributed by atoms with Gasteiger partial charge in [0.05, 0.1) is 6.20 Å². The molecule has 3 nitrogen and oxygen atoms in total. The third-order valence-corrected chi connectivity index (χ3v) is 3.01. The van der Waals surface area contributed by atoms with Crippen molar-refractivity contribution < 1.29 is 0 Å². The fourth-order valence-electron chi connectivity index (χ4n) is 1.63. The zero-order valence-electron chi connectivity index (χ0n) is 8.34. The Hall–Kier alpha value is -1.68. The van der Waals surface area contributed by atoms with Crippen molar-refractivity contribution >= 4 is 21.7 Å². The molecule has 4 heteroatoms. The summed E-state index contributed by atoms with van der Waals surface area (Å²) in [6.45, 7) is 0. The minimum Gasteiger partial charge on any atom is -0.277 e. The lowest BCUT2D eigenvalue weighted by Crippen LogP contribution is -1.90. The van der Waals surface area contributed by atoms with Crippen LogP contribution >= 0.6 is 15.9 Å². The van der Waals surface area contributed by atoms with Crippen LogP contribution in [0, 0.1) is 0 Å². The van der Waals surface area contributed by atoms with Gasteiger partial charge in [-0.05, 0) is 21.5 Å². The van der Waals surface area contributed by atoms with Gasteiger partial charge in [0.2, 0.25) is 5.78 Å². The predicted molar refractivity (Wildman–Crippen MR) is 66.1 cm³/mol. The van der Waals surface area contributed by atoms with Crippen LogP contribution in [0.2, 0.25) is 0 Å². The highest BCUT2D eigenvalue weighted by molar-refractivity contribution is 9.10. The zero-order chi connectivity index (χ0) is 11.0. The second kappa shape index (κ2) is 3.72. The summed E-state index contributed by atoms with van der Waals surface area (Å²) >= 11 is 3.43. The summed E-state index contributed by atoms with van der Waals surface area (Å²) in [4.78, 5) is 8.46. The fraction of sp³-hybridized carbons (Fsp3) is 0. The van der Waals surface area contributed by atoms with Crippen LogP contribution in [0.3, 0.4) is 0 Å². The smallest absolute Gasteiger partial charge is 0.234 e. The van der Waals surface area contributed by atoms with E-state index >= 15 is 0 Å². The van der Waals surface area contributed by atoms with Crippen LogP contribution in [-0.4, -0.2) is 14.4 Å². The summed E-state index contributed by atoms with van der Waals surface area (Å²) in [6.07, 6.45) is 5.61. The first kappa shape index (κ1) is 9.54. The van der Waals surface area contributed by atoms with Gasteiger partial charge in [-0.2, -0.15) is 0 Å². The lowest BCUT2D eigenvalue weighted by molar-refractivity contribution is 1.09. The maximum absolute atomic E-state index is 4.30. The van der Waals surface area contributed by atoms with Gasteiger partial charge in [-0.15, -0.1) is 0 Å². The van der Waals surface area contributed by atoms with Gasteiger partial charge in [-0.25, -0.2) is 9.97 Å². The normalized spacial score (nSPS) is 10.8. The zero-order valence-corrected chi connectivity index (χ0v) is 9.92. The molecule has 3 aromatic rings. The van der Waals surface area contributed by atoms with Crippen molar-refractivity contribution in [1.29, 1.82) is 0 Å². The quantitative estimate of drug-likeness (QED) is 0.682. The summed E-state index contributed by atoms with van der Waals surface area (Å²) in [7, 11) is 0. The van der Waals surface area contributed by atoms with E-state index in [0.717, 1.165) is 15.7 Å². The number of hydrogen-bond donors (Lipinski definition) is 0. The van der Waals surface area contributed by atoms with Crippen LogP contribution in [-0.2, 0) is 0 Å². The molecule has 0 unspecified atom stereocenters. The Morgan fingerprint density at radius 2 is 1.69 bits per heavy atom. The van der Waals surface area contributed by atoms with Gasteiger partial charge in [-0.1, -0.05) is 30.3 Å². The molecule has 0 radical (unpaired) electrons. The van der Waals surface area contributed by atoms with Crippen molar-refractivity contribution in [3.8, 4) is 11.1 Å². The molecule has 0 aliphatic carbocycles. The molecule has 2 aromatic heterocycles. The molecule has 0 spiro atoms. The molecule has 0 saturated heterocycles. The first-order valence-corrected chi connectivity index (χ1v) is 5.68. The van der Waals surface area contributed by atoms with Crippen molar-refractivity contribution in [2.45, 2.75) is 0 Å². The van der Waals surface area contributed by atoms with Gasteiger partial charge >= 0.3 is 0 Å². The average molecular weight is 274 g/mol. The number of hydrogen-bond acceptors (Lipinski definition) is 2. The SMILES string of the molecule is Brc1cnc2ncc(-c3ccccc3)cn12. The van der Waals surface area contributed by atoms with E-state index < -0.39 is 0 Å². The van der Waals surface area contributed by atoms with Crippen LogP contribution < -0.4 is 0 Å². The molecule has 0 aliphatic heterocycles. The van der Waals surface area contributed by atoms with E-state index in [0.29, 0.717) is 5.78 Å². The summed E-state index contributed by atoms with van der Waals surface area (Å²) in [5, 5.41) is 0. The Labute approximate surface area is 101 Å². The van der Waals surface area contributed by atoms with Gasteiger partial charge in [-0.3, -0.25) is 4.40 Å². The van der Waals surface area contributed by atoms with E-state index in [1.54, 1.807) is 6.20 Å². The largest absolute Gasteiger partial charge is 0.277 e. The van der Waals surface area contributed by atoms with Gasteiger partial charge in [0, 0.05) is 18.0 Å². The molecule has 1 aromatic carbocycles. The first-order valence-electron chi connectivity index (χ1n) is 4.88. The maximum atomic E-state index is 4.30. The Morgan fingerprint density at radius 1 is 0.938 bits per heavy atom. The Balaban J connectivity index is 2.22. The van der Waals surface area contributed by atoms with Crippen LogP contribution in [0.5, 0.6) is 0 Å². The highest BCUT2D eigenvalue weighted by Gasteiger charge is 2.03. The van der Waals surface area contributed by atoms with Crippen molar-refractivity contribution in [1.82, 2.24) is 14.4 Å². The van der Waals surface area contributed by atoms with Crippen LogP contribution in [0.25, 0.3) is 16.9 Å². The van der Waals surface area contributed by atoms with E-state index in [4.69, 9.17) is 0 Å². The minimum absolute atomic E-state index is 0.701. The van der Waals surface area contributed by atoms with E-state index in [2.05, 4.69) is 38.0 Å². The van der Waals surface area contributed by atoms with Crippen LogP contribution in [0.4, 0.5) is 0 Å². The third kappa shape index (κ3) is 1.51. The molecular weight excluding hydrogens is 266 g/mol. The number of rotatable bonds is 1. The minimum atomic E-state index is 0.701. The number of aromatic nitrogens is 3. The molecule has 0 N–H and O–H groups in total. The molecule has 0 atom stereocenters. The monoisotopic (exact) mass is 273 g/mol. The highest BCUT2D eigenvalue weighted by Crippen LogP contribution is 2.20. The van der Waals surface area contributed by atoms with Gasteiger partial charge in [0.15, 0.2) is 0 Å². The summed E-state index contributed by atoms with van der Waals surface area (Å²) in [6, 6.07) is 10.2. The van der Waals surface area contributed by atoms with Crippen molar-refractivity contribution in [2.75, 3.05) is 0 Å². The van der Waals surface area contributed by atoms with Gasteiger partial charge in [0.1, 0.15) is 4.60 Å². The number of fused-ring (bicyclic) bond motifs is 1. The molecule has 3 rings (SSSR count). The predicted octanol–water partition coefficient (Wildman–Crippen LogP) is 3.16. The second-order valence-corrected chi connectivity index (χ2v) is 4.27. The van der Waals surface area contributed by atoms with Crippen molar-refractivity contribution in [2.24, 2.45) is 0 Å². The standard InChI is InChI=1S/C12H8BrN3/c13-11-7-15-12-14-6-10(8-16(11)12)9-4-2-1-3-5-9/h1-8H. The molecule has 0 saturated carbocycles.